The number of hydrogen-bond donors (Lipinski definition) is 1. The van der Waals surface area contributed by atoms with Crippen LogP contribution in [0.4, 0.5) is 0 Å². The standard InChI is InChI=1S/C12H20N4O2/c1-15(10-4-2-3-5-11(10)17)12(18)6-8-16-9-7-13-14-16/h7,9-11,17H,2-6,8H2,1H3. The van der Waals surface area contributed by atoms with Gasteiger partial charge in [0.2, 0.25) is 5.91 Å². The zero-order valence-electron chi connectivity index (χ0n) is 10.7. The highest BCUT2D eigenvalue weighted by Gasteiger charge is 2.28. The topological polar surface area (TPSA) is 71.2 Å². The van der Waals surface area contributed by atoms with Gasteiger partial charge in [0.1, 0.15) is 0 Å². The number of amides is 1. The smallest absolute Gasteiger partial charge is 0.224 e. The summed E-state index contributed by atoms with van der Waals surface area (Å²) in [6.07, 6.45) is 7.18. The van der Waals surface area contributed by atoms with Crippen molar-refractivity contribution in [1.29, 1.82) is 0 Å². The first-order valence-corrected chi connectivity index (χ1v) is 6.46. The van der Waals surface area contributed by atoms with Crippen molar-refractivity contribution in [3.05, 3.63) is 12.4 Å². The predicted octanol–water partition coefficient (Wildman–Crippen LogP) is 0.430. The third-order valence-corrected chi connectivity index (χ3v) is 3.61. The molecule has 1 aliphatic rings. The molecular formula is C12H20N4O2. The lowest BCUT2D eigenvalue weighted by atomic mass is 9.91. The average molecular weight is 252 g/mol. The molecule has 6 nitrogen and oxygen atoms in total. The van der Waals surface area contributed by atoms with E-state index in [0.29, 0.717) is 13.0 Å². The van der Waals surface area contributed by atoms with E-state index in [1.54, 1.807) is 29.0 Å². The van der Waals surface area contributed by atoms with Crippen LogP contribution >= 0.6 is 0 Å². The summed E-state index contributed by atoms with van der Waals surface area (Å²) in [5, 5.41) is 17.4. The van der Waals surface area contributed by atoms with Crippen LogP contribution < -0.4 is 0 Å². The highest BCUT2D eigenvalue weighted by Crippen LogP contribution is 2.22. The summed E-state index contributed by atoms with van der Waals surface area (Å²) in [6, 6.07) is -0.0259. The van der Waals surface area contributed by atoms with Crippen LogP contribution in [0.25, 0.3) is 0 Å². The van der Waals surface area contributed by atoms with Gasteiger partial charge in [-0.15, -0.1) is 5.10 Å². The number of carbonyl (C=O) groups excluding carboxylic acids is 1. The van der Waals surface area contributed by atoms with E-state index >= 15 is 0 Å². The van der Waals surface area contributed by atoms with Gasteiger partial charge in [0.25, 0.3) is 0 Å². The van der Waals surface area contributed by atoms with Crippen LogP contribution in [-0.4, -0.2) is 50.1 Å². The molecule has 100 valence electrons. The van der Waals surface area contributed by atoms with E-state index in [4.69, 9.17) is 0 Å². The largest absolute Gasteiger partial charge is 0.391 e. The summed E-state index contributed by atoms with van der Waals surface area (Å²) >= 11 is 0. The van der Waals surface area contributed by atoms with Crippen molar-refractivity contribution in [3.63, 3.8) is 0 Å². The fourth-order valence-corrected chi connectivity index (χ4v) is 2.47. The zero-order chi connectivity index (χ0) is 13.0. The first kappa shape index (κ1) is 13.0. The van der Waals surface area contributed by atoms with Gasteiger partial charge in [0.15, 0.2) is 0 Å². The Hall–Kier alpha value is -1.43. The van der Waals surface area contributed by atoms with E-state index in [1.165, 1.54) is 0 Å². The number of carbonyl (C=O) groups is 1. The van der Waals surface area contributed by atoms with Gasteiger partial charge in [0.05, 0.1) is 24.9 Å². The molecule has 1 aromatic heterocycles. The average Bonchev–Trinajstić information content (AvgIpc) is 2.89. The second kappa shape index (κ2) is 5.95. The fourth-order valence-electron chi connectivity index (χ4n) is 2.47. The molecule has 1 fully saturated rings. The lowest BCUT2D eigenvalue weighted by molar-refractivity contribution is -0.135. The van der Waals surface area contributed by atoms with E-state index < -0.39 is 0 Å². The van der Waals surface area contributed by atoms with Crippen molar-refractivity contribution in [2.75, 3.05) is 7.05 Å². The molecule has 18 heavy (non-hydrogen) atoms. The Morgan fingerprint density at radius 3 is 2.94 bits per heavy atom. The Kier molecular flexibility index (Phi) is 4.30. The summed E-state index contributed by atoms with van der Waals surface area (Å²) in [4.78, 5) is 13.7. The van der Waals surface area contributed by atoms with Gasteiger partial charge in [-0.05, 0) is 12.8 Å². The SMILES string of the molecule is CN(C(=O)CCn1ccnn1)C1CCCCC1O. The first-order chi connectivity index (χ1) is 8.68. The Bertz CT molecular complexity index is 379. The summed E-state index contributed by atoms with van der Waals surface area (Å²) in [5.74, 6) is 0.0523. The van der Waals surface area contributed by atoms with Crippen LogP contribution in [-0.2, 0) is 11.3 Å². The van der Waals surface area contributed by atoms with Crippen molar-refractivity contribution < 1.29 is 9.90 Å². The van der Waals surface area contributed by atoms with Crippen LogP contribution in [0.15, 0.2) is 12.4 Å². The molecule has 1 heterocycles. The fraction of sp³-hybridized carbons (Fsp3) is 0.750. The summed E-state index contributed by atoms with van der Waals surface area (Å²) < 4.78 is 1.64. The molecule has 0 saturated heterocycles. The van der Waals surface area contributed by atoms with Crippen molar-refractivity contribution in [3.8, 4) is 0 Å². The highest BCUT2D eigenvalue weighted by molar-refractivity contribution is 5.76. The third kappa shape index (κ3) is 3.07. The van der Waals surface area contributed by atoms with Crippen LogP contribution in [0.3, 0.4) is 0 Å². The number of aryl methyl sites for hydroxylation is 1. The number of hydrogen-bond acceptors (Lipinski definition) is 4. The molecule has 2 rings (SSSR count). The van der Waals surface area contributed by atoms with Gasteiger partial charge >= 0.3 is 0 Å². The van der Waals surface area contributed by atoms with Crippen molar-refractivity contribution in [2.24, 2.45) is 0 Å². The number of likely N-dealkylation sites (N-methyl/N-ethyl adjacent to an activating group) is 1. The molecule has 6 heteroatoms. The minimum absolute atomic E-state index is 0.0259. The molecule has 1 saturated carbocycles. The molecule has 0 radical (unpaired) electrons. The Labute approximate surface area is 107 Å². The van der Waals surface area contributed by atoms with Gasteiger partial charge in [-0.3, -0.25) is 9.48 Å². The molecule has 2 unspecified atom stereocenters. The molecule has 0 aromatic carbocycles. The van der Waals surface area contributed by atoms with Crippen LogP contribution in [0.5, 0.6) is 0 Å². The van der Waals surface area contributed by atoms with E-state index in [-0.39, 0.29) is 18.1 Å². The van der Waals surface area contributed by atoms with Crippen LogP contribution in [0, 0.1) is 0 Å². The quantitative estimate of drug-likeness (QED) is 0.843. The second-order valence-electron chi connectivity index (χ2n) is 4.84. The normalized spacial score (nSPS) is 23.9. The molecule has 1 N–H and O–H groups in total. The summed E-state index contributed by atoms with van der Waals surface area (Å²) in [5.41, 5.74) is 0. The molecule has 0 aliphatic heterocycles. The lowest BCUT2D eigenvalue weighted by Gasteiger charge is -2.35. The maximum atomic E-state index is 12.0. The molecule has 2 atom stereocenters. The van der Waals surface area contributed by atoms with Crippen LogP contribution in [0.2, 0.25) is 0 Å². The predicted molar refractivity (Wildman–Crippen MR) is 65.7 cm³/mol. The highest BCUT2D eigenvalue weighted by atomic mass is 16.3. The van der Waals surface area contributed by atoms with Gasteiger partial charge < -0.3 is 10.0 Å². The van der Waals surface area contributed by atoms with E-state index in [0.717, 1.165) is 25.7 Å². The monoisotopic (exact) mass is 252 g/mol. The Morgan fingerprint density at radius 2 is 2.28 bits per heavy atom. The van der Waals surface area contributed by atoms with Crippen molar-refractivity contribution >= 4 is 5.91 Å². The Morgan fingerprint density at radius 1 is 1.50 bits per heavy atom. The number of nitrogens with zero attached hydrogens (tertiary/aromatic N) is 4. The number of aliphatic hydroxyl groups is 1. The summed E-state index contributed by atoms with van der Waals surface area (Å²) in [7, 11) is 1.78. The Balaban J connectivity index is 1.84. The molecule has 1 aromatic rings. The maximum Gasteiger partial charge on any atom is 0.224 e. The second-order valence-corrected chi connectivity index (χ2v) is 4.84. The van der Waals surface area contributed by atoms with Gasteiger partial charge in [-0.1, -0.05) is 18.1 Å². The third-order valence-electron chi connectivity index (χ3n) is 3.61. The number of aliphatic hydroxyl groups excluding tert-OH is 1. The van der Waals surface area contributed by atoms with Crippen molar-refractivity contribution in [2.45, 2.75) is 50.8 Å². The summed E-state index contributed by atoms with van der Waals surface area (Å²) in [6.45, 7) is 0.534. The molecule has 0 bridgehead atoms. The molecule has 1 aliphatic carbocycles. The molecular weight excluding hydrogens is 232 g/mol. The zero-order valence-corrected chi connectivity index (χ0v) is 10.7. The van der Waals surface area contributed by atoms with Gasteiger partial charge in [0, 0.05) is 19.7 Å². The van der Waals surface area contributed by atoms with Gasteiger partial charge in [-0.2, -0.15) is 0 Å². The van der Waals surface area contributed by atoms with E-state index in [1.807, 2.05) is 0 Å². The van der Waals surface area contributed by atoms with E-state index in [9.17, 15) is 9.90 Å². The van der Waals surface area contributed by atoms with Crippen LogP contribution in [0.1, 0.15) is 32.1 Å². The minimum atomic E-state index is -0.376. The number of aromatic nitrogens is 3. The molecule has 0 spiro atoms. The minimum Gasteiger partial charge on any atom is -0.391 e. The lowest BCUT2D eigenvalue weighted by Crippen LogP contribution is -2.46. The first-order valence-electron chi connectivity index (χ1n) is 6.46. The maximum absolute atomic E-state index is 12.0. The molecule has 1 amide bonds. The van der Waals surface area contributed by atoms with Crippen molar-refractivity contribution in [1.82, 2.24) is 19.9 Å². The van der Waals surface area contributed by atoms with Gasteiger partial charge in [-0.25, -0.2) is 0 Å². The number of rotatable bonds is 4. The van der Waals surface area contributed by atoms with E-state index in [2.05, 4.69) is 10.3 Å².